The number of hydrogen-bond acceptors (Lipinski definition) is 2. The van der Waals surface area contributed by atoms with Crippen molar-refractivity contribution in [2.45, 2.75) is 26.7 Å². The second-order valence-electron chi connectivity index (χ2n) is 3.90. The molecule has 64 valence electrons. The van der Waals surface area contributed by atoms with E-state index in [4.69, 9.17) is 5.73 Å². The maximum Gasteiger partial charge on any atom is 0.136 e. The molecular weight excluding hydrogens is 138 g/mol. The van der Waals surface area contributed by atoms with Gasteiger partial charge in [0, 0.05) is 12.3 Å². The maximum atomic E-state index is 11.3. The number of carbonyl (C=O) groups is 1. The van der Waals surface area contributed by atoms with Crippen LogP contribution < -0.4 is 5.73 Å². The van der Waals surface area contributed by atoms with E-state index in [2.05, 4.69) is 13.8 Å². The van der Waals surface area contributed by atoms with Crippen LogP contribution in [0, 0.1) is 17.8 Å². The Morgan fingerprint density at radius 3 is 2.64 bits per heavy atom. The molecule has 1 fully saturated rings. The van der Waals surface area contributed by atoms with Crippen LogP contribution in [0.3, 0.4) is 0 Å². The van der Waals surface area contributed by atoms with Crippen molar-refractivity contribution in [2.75, 3.05) is 6.54 Å². The van der Waals surface area contributed by atoms with Gasteiger partial charge in [-0.05, 0) is 24.8 Å². The van der Waals surface area contributed by atoms with Crippen LogP contribution in [0.5, 0.6) is 0 Å². The van der Waals surface area contributed by atoms with Gasteiger partial charge in [0.25, 0.3) is 0 Å². The van der Waals surface area contributed by atoms with Gasteiger partial charge in [0.2, 0.25) is 0 Å². The Hall–Kier alpha value is -0.370. The zero-order valence-corrected chi connectivity index (χ0v) is 7.34. The highest BCUT2D eigenvalue weighted by atomic mass is 16.1. The van der Waals surface area contributed by atoms with Gasteiger partial charge in [0.05, 0.1) is 0 Å². The smallest absolute Gasteiger partial charge is 0.136 e. The van der Waals surface area contributed by atoms with Crippen LogP contribution in [0.1, 0.15) is 26.7 Å². The molecule has 2 heteroatoms. The van der Waals surface area contributed by atoms with E-state index in [1.54, 1.807) is 0 Å². The summed E-state index contributed by atoms with van der Waals surface area (Å²) in [5, 5.41) is 0. The molecule has 0 aliphatic heterocycles. The van der Waals surface area contributed by atoms with E-state index in [0.717, 1.165) is 12.8 Å². The summed E-state index contributed by atoms with van der Waals surface area (Å²) >= 11 is 0. The number of hydrogen-bond donors (Lipinski definition) is 1. The first-order valence-corrected chi connectivity index (χ1v) is 4.38. The first kappa shape index (κ1) is 8.72. The second kappa shape index (κ2) is 3.35. The molecule has 2 N–H and O–H groups in total. The van der Waals surface area contributed by atoms with E-state index in [1.165, 1.54) is 0 Å². The first-order chi connectivity index (χ1) is 5.15. The average Bonchev–Trinajstić information content (AvgIpc) is 2.63. The molecule has 0 heterocycles. The summed E-state index contributed by atoms with van der Waals surface area (Å²) in [6, 6.07) is 0. The lowest BCUT2D eigenvalue weighted by atomic mass is 10.0. The molecule has 1 aliphatic carbocycles. The van der Waals surface area contributed by atoms with E-state index in [1.807, 2.05) is 0 Å². The molecule has 0 aromatic heterocycles. The predicted molar refractivity (Wildman–Crippen MR) is 45.1 cm³/mol. The summed E-state index contributed by atoms with van der Waals surface area (Å²) in [4.78, 5) is 11.3. The Labute approximate surface area is 68.2 Å². The van der Waals surface area contributed by atoms with Crippen LogP contribution in [-0.4, -0.2) is 12.3 Å². The quantitative estimate of drug-likeness (QED) is 0.662. The third-order valence-electron chi connectivity index (χ3n) is 2.25. The molecule has 11 heavy (non-hydrogen) atoms. The van der Waals surface area contributed by atoms with Crippen molar-refractivity contribution in [3.05, 3.63) is 0 Å². The molecular formula is C9H17NO. The van der Waals surface area contributed by atoms with Gasteiger partial charge in [-0.15, -0.1) is 0 Å². The molecule has 0 bridgehead atoms. The number of carbonyl (C=O) groups excluding carboxylic acids is 1. The highest BCUT2D eigenvalue weighted by Gasteiger charge is 2.40. The molecule has 0 amide bonds. The molecule has 1 rings (SSSR count). The van der Waals surface area contributed by atoms with Crippen molar-refractivity contribution < 1.29 is 4.79 Å². The minimum Gasteiger partial charge on any atom is -0.330 e. The Balaban J connectivity index is 2.23. The lowest BCUT2D eigenvalue weighted by Gasteiger charge is -2.01. The molecule has 0 saturated heterocycles. The van der Waals surface area contributed by atoms with Crippen molar-refractivity contribution in [3.63, 3.8) is 0 Å². The minimum absolute atomic E-state index is 0.322. The maximum absolute atomic E-state index is 11.3. The largest absolute Gasteiger partial charge is 0.330 e. The highest BCUT2D eigenvalue weighted by molar-refractivity contribution is 5.83. The topological polar surface area (TPSA) is 43.1 Å². The van der Waals surface area contributed by atoms with Gasteiger partial charge >= 0.3 is 0 Å². The monoisotopic (exact) mass is 155 g/mol. The summed E-state index contributed by atoms with van der Waals surface area (Å²) in [7, 11) is 0. The zero-order valence-electron chi connectivity index (χ0n) is 7.34. The van der Waals surface area contributed by atoms with Gasteiger partial charge < -0.3 is 5.73 Å². The third-order valence-corrected chi connectivity index (χ3v) is 2.25. The van der Waals surface area contributed by atoms with Gasteiger partial charge in [-0.25, -0.2) is 0 Å². The predicted octanol–water partition coefficient (Wildman–Crippen LogP) is 1.20. The highest BCUT2D eigenvalue weighted by Crippen LogP contribution is 2.39. The molecule has 2 nitrogen and oxygen atoms in total. The van der Waals surface area contributed by atoms with Crippen LogP contribution in [-0.2, 0) is 4.79 Å². The average molecular weight is 155 g/mol. The summed E-state index contributed by atoms with van der Waals surface area (Å²) in [5.41, 5.74) is 5.44. The van der Waals surface area contributed by atoms with Gasteiger partial charge in [-0.1, -0.05) is 13.8 Å². The standard InChI is InChI=1S/C9H17NO/c1-6(2)3-9(11)8-4-7(8)5-10/h6-8H,3-5,10H2,1-2H3/t7-,8-/m1/s1. The van der Waals surface area contributed by atoms with Gasteiger partial charge in [-0.3, -0.25) is 4.79 Å². The second-order valence-corrected chi connectivity index (χ2v) is 3.90. The van der Waals surface area contributed by atoms with Crippen LogP contribution in [0.4, 0.5) is 0 Å². The normalized spacial score (nSPS) is 29.1. The fraction of sp³-hybridized carbons (Fsp3) is 0.889. The Morgan fingerprint density at radius 1 is 1.64 bits per heavy atom. The zero-order chi connectivity index (χ0) is 8.43. The Morgan fingerprint density at radius 2 is 2.27 bits per heavy atom. The van der Waals surface area contributed by atoms with Crippen LogP contribution in [0.15, 0.2) is 0 Å². The van der Waals surface area contributed by atoms with Gasteiger partial charge in [-0.2, -0.15) is 0 Å². The van der Waals surface area contributed by atoms with Gasteiger partial charge in [0.1, 0.15) is 5.78 Å². The first-order valence-electron chi connectivity index (χ1n) is 4.38. The van der Waals surface area contributed by atoms with E-state index in [9.17, 15) is 4.79 Å². The summed E-state index contributed by atoms with van der Waals surface area (Å²) in [6.07, 6.45) is 1.78. The van der Waals surface area contributed by atoms with Crippen LogP contribution in [0.2, 0.25) is 0 Å². The van der Waals surface area contributed by atoms with Gasteiger partial charge in [0.15, 0.2) is 0 Å². The fourth-order valence-corrected chi connectivity index (χ4v) is 1.46. The minimum atomic E-state index is 0.322. The summed E-state index contributed by atoms with van der Waals surface area (Å²) in [5.74, 6) is 1.76. The summed E-state index contributed by atoms with van der Waals surface area (Å²) < 4.78 is 0. The lowest BCUT2D eigenvalue weighted by Crippen LogP contribution is -2.10. The van der Waals surface area contributed by atoms with Crippen LogP contribution >= 0.6 is 0 Å². The van der Waals surface area contributed by atoms with Crippen molar-refractivity contribution in [1.82, 2.24) is 0 Å². The lowest BCUT2D eigenvalue weighted by molar-refractivity contribution is -0.121. The Bertz CT molecular complexity index is 154. The van der Waals surface area contributed by atoms with Crippen molar-refractivity contribution in [1.29, 1.82) is 0 Å². The molecule has 2 atom stereocenters. The summed E-state index contributed by atoms with van der Waals surface area (Å²) in [6.45, 7) is 4.85. The molecule has 0 radical (unpaired) electrons. The fourth-order valence-electron chi connectivity index (χ4n) is 1.46. The molecule has 1 saturated carbocycles. The van der Waals surface area contributed by atoms with Crippen LogP contribution in [0.25, 0.3) is 0 Å². The third kappa shape index (κ3) is 2.29. The molecule has 1 aliphatic rings. The number of ketones is 1. The molecule has 0 aromatic rings. The number of nitrogens with two attached hydrogens (primary N) is 1. The van der Waals surface area contributed by atoms with E-state index in [0.29, 0.717) is 30.1 Å². The van der Waals surface area contributed by atoms with E-state index < -0.39 is 0 Å². The van der Waals surface area contributed by atoms with Crippen molar-refractivity contribution in [3.8, 4) is 0 Å². The van der Waals surface area contributed by atoms with Crippen molar-refractivity contribution >= 4 is 5.78 Å². The number of Topliss-reactive ketones (excluding diaryl/α,β-unsaturated/α-hetero) is 1. The Kier molecular flexibility index (Phi) is 2.66. The molecule has 0 spiro atoms. The van der Waals surface area contributed by atoms with Crippen molar-refractivity contribution in [2.24, 2.45) is 23.5 Å². The SMILES string of the molecule is CC(C)CC(=O)[C@@H]1C[C@@H]1CN. The molecule has 0 aromatic carbocycles. The molecule has 0 unspecified atom stereocenters. The van der Waals surface area contributed by atoms with E-state index in [-0.39, 0.29) is 0 Å². The number of rotatable bonds is 4. The van der Waals surface area contributed by atoms with E-state index >= 15 is 0 Å².